The van der Waals surface area contributed by atoms with Crippen molar-refractivity contribution in [3.63, 3.8) is 0 Å². The Labute approximate surface area is 72.0 Å². The first kappa shape index (κ1) is 8.87. The van der Waals surface area contributed by atoms with Crippen LogP contribution in [0, 0.1) is 0 Å². The average molecular weight is 167 g/mol. The van der Waals surface area contributed by atoms with E-state index in [9.17, 15) is 0 Å². The molecule has 0 spiro atoms. The summed E-state index contributed by atoms with van der Waals surface area (Å²) in [6.45, 7) is 0.0542. The summed E-state index contributed by atoms with van der Waals surface area (Å²) < 4.78 is 5.09. The molecule has 0 bridgehead atoms. The number of aliphatic hydroxyl groups is 1. The first-order chi connectivity index (χ1) is 5.81. The molecule has 0 amide bonds. The van der Waals surface area contributed by atoms with Crippen LogP contribution in [-0.4, -0.2) is 19.3 Å². The van der Waals surface area contributed by atoms with Crippen LogP contribution in [0.25, 0.3) is 0 Å². The topological polar surface area (TPSA) is 41.5 Å². The molecule has 3 nitrogen and oxygen atoms in total. The summed E-state index contributed by atoms with van der Waals surface area (Å²) in [6.07, 6.45) is 0. The van der Waals surface area contributed by atoms with Crippen molar-refractivity contribution in [2.45, 2.75) is 6.61 Å². The maximum Gasteiger partial charge on any atom is 0.141 e. The fraction of sp³-hybridized carbons (Fsp3) is 0.333. The van der Waals surface area contributed by atoms with Gasteiger partial charge in [-0.2, -0.15) is 0 Å². The number of methoxy groups -OCH3 is 1. The van der Waals surface area contributed by atoms with Crippen LogP contribution < -0.4 is 10.1 Å². The number of nitrogens with one attached hydrogen (secondary N) is 1. The molecule has 0 aliphatic heterocycles. The van der Waals surface area contributed by atoms with Crippen LogP contribution in [0.3, 0.4) is 0 Å². The second kappa shape index (κ2) is 3.97. The molecule has 1 aromatic carbocycles. The highest BCUT2D eigenvalue weighted by atomic mass is 16.5. The summed E-state index contributed by atoms with van der Waals surface area (Å²) in [5, 5.41) is 11.8. The molecule has 0 radical (unpaired) electrons. The highest BCUT2D eigenvalue weighted by Crippen LogP contribution is 2.24. The number of ether oxygens (including phenoxy) is 1. The predicted octanol–water partition coefficient (Wildman–Crippen LogP) is 1.23. The minimum atomic E-state index is 0.0542. The van der Waals surface area contributed by atoms with E-state index in [1.54, 1.807) is 7.11 Å². The summed E-state index contributed by atoms with van der Waals surface area (Å²) in [5.41, 5.74) is 1.77. The van der Waals surface area contributed by atoms with Gasteiger partial charge >= 0.3 is 0 Å². The Morgan fingerprint density at radius 3 is 2.75 bits per heavy atom. The number of benzene rings is 1. The zero-order chi connectivity index (χ0) is 8.97. The molecule has 12 heavy (non-hydrogen) atoms. The van der Waals surface area contributed by atoms with Gasteiger partial charge in [-0.15, -0.1) is 0 Å². The van der Waals surface area contributed by atoms with Crippen molar-refractivity contribution in [3.8, 4) is 5.75 Å². The highest BCUT2D eigenvalue weighted by Gasteiger charge is 2.00. The largest absolute Gasteiger partial charge is 0.495 e. The third-order valence-corrected chi connectivity index (χ3v) is 1.72. The SMILES string of the molecule is CNc1cc(CO)ccc1OC. The van der Waals surface area contributed by atoms with Crippen molar-refractivity contribution >= 4 is 5.69 Å². The summed E-state index contributed by atoms with van der Waals surface area (Å²) in [7, 11) is 3.44. The van der Waals surface area contributed by atoms with Gasteiger partial charge < -0.3 is 15.2 Å². The average Bonchev–Trinajstić information content (AvgIpc) is 2.16. The first-order valence-electron chi connectivity index (χ1n) is 3.77. The smallest absolute Gasteiger partial charge is 0.141 e. The van der Waals surface area contributed by atoms with Gasteiger partial charge in [-0.25, -0.2) is 0 Å². The zero-order valence-corrected chi connectivity index (χ0v) is 7.29. The number of anilines is 1. The fourth-order valence-electron chi connectivity index (χ4n) is 1.05. The van der Waals surface area contributed by atoms with E-state index in [2.05, 4.69) is 5.32 Å². The molecule has 3 heteroatoms. The van der Waals surface area contributed by atoms with Crippen molar-refractivity contribution in [1.82, 2.24) is 0 Å². The number of aliphatic hydroxyl groups excluding tert-OH is 1. The van der Waals surface area contributed by atoms with Crippen LogP contribution in [0.15, 0.2) is 18.2 Å². The second-order valence-electron chi connectivity index (χ2n) is 2.44. The molecule has 0 heterocycles. The van der Waals surface area contributed by atoms with Crippen LogP contribution >= 0.6 is 0 Å². The first-order valence-corrected chi connectivity index (χ1v) is 3.77. The third-order valence-electron chi connectivity index (χ3n) is 1.72. The molecule has 0 aliphatic carbocycles. The van der Waals surface area contributed by atoms with Gasteiger partial charge in [-0.1, -0.05) is 6.07 Å². The monoisotopic (exact) mass is 167 g/mol. The van der Waals surface area contributed by atoms with Crippen LogP contribution in [0.2, 0.25) is 0 Å². The fourth-order valence-corrected chi connectivity index (χ4v) is 1.05. The molecular formula is C9H13NO2. The van der Waals surface area contributed by atoms with E-state index < -0.39 is 0 Å². The van der Waals surface area contributed by atoms with Crippen LogP contribution in [0.5, 0.6) is 5.75 Å². The van der Waals surface area contributed by atoms with E-state index in [1.165, 1.54) is 0 Å². The number of hydrogen-bond acceptors (Lipinski definition) is 3. The molecule has 0 aromatic heterocycles. The minimum Gasteiger partial charge on any atom is -0.495 e. The normalized spacial score (nSPS) is 9.58. The minimum absolute atomic E-state index is 0.0542. The van der Waals surface area contributed by atoms with Gasteiger partial charge in [0, 0.05) is 7.05 Å². The molecular weight excluding hydrogens is 154 g/mol. The van der Waals surface area contributed by atoms with E-state index in [4.69, 9.17) is 9.84 Å². The van der Waals surface area contributed by atoms with Crippen molar-refractivity contribution in [3.05, 3.63) is 23.8 Å². The Morgan fingerprint density at radius 2 is 2.25 bits per heavy atom. The summed E-state index contributed by atoms with van der Waals surface area (Å²) >= 11 is 0. The van der Waals surface area contributed by atoms with Gasteiger partial charge in [-0.05, 0) is 17.7 Å². The molecule has 2 N–H and O–H groups in total. The molecule has 66 valence electrons. The van der Waals surface area contributed by atoms with E-state index in [1.807, 2.05) is 25.2 Å². The Balaban J connectivity index is 3.02. The maximum atomic E-state index is 8.85. The zero-order valence-electron chi connectivity index (χ0n) is 7.29. The van der Waals surface area contributed by atoms with Crippen molar-refractivity contribution in [2.24, 2.45) is 0 Å². The van der Waals surface area contributed by atoms with E-state index in [0.29, 0.717) is 0 Å². The third kappa shape index (κ3) is 1.68. The Bertz CT molecular complexity index is 261. The van der Waals surface area contributed by atoms with E-state index >= 15 is 0 Å². The quantitative estimate of drug-likeness (QED) is 0.711. The van der Waals surface area contributed by atoms with Crippen molar-refractivity contribution < 1.29 is 9.84 Å². The Hall–Kier alpha value is -1.22. The maximum absolute atomic E-state index is 8.85. The highest BCUT2D eigenvalue weighted by molar-refractivity contribution is 5.57. The summed E-state index contributed by atoms with van der Waals surface area (Å²) in [5.74, 6) is 0.787. The standard InChI is InChI=1S/C9H13NO2/c1-10-8-5-7(6-11)3-4-9(8)12-2/h3-5,10-11H,6H2,1-2H3. The summed E-state index contributed by atoms with van der Waals surface area (Å²) in [6, 6.07) is 5.52. The molecule has 0 saturated carbocycles. The lowest BCUT2D eigenvalue weighted by atomic mass is 10.2. The Kier molecular flexibility index (Phi) is 2.94. The predicted molar refractivity (Wildman–Crippen MR) is 48.5 cm³/mol. The lowest BCUT2D eigenvalue weighted by molar-refractivity contribution is 0.281. The van der Waals surface area contributed by atoms with Gasteiger partial charge in [0.15, 0.2) is 0 Å². The van der Waals surface area contributed by atoms with Crippen LogP contribution in [-0.2, 0) is 6.61 Å². The lowest BCUT2D eigenvalue weighted by Gasteiger charge is -2.08. The Morgan fingerprint density at radius 1 is 1.50 bits per heavy atom. The van der Waals surface area contributed by atoms with Gasteiger partial charge in [0.2, 0.25) is 0 Å². The van der Waals surface area contributed by atoms with Crippen LogP contribution in [0.1, 0.15) is 5.56 Å². The molecule has 0 fully saturated rings. The number of hydrogen-bond donors (Lipinski definition) is 2. The van der Waals surface area contributed by atoms with Gasteiger partial charge in [0.1, 0.15) is 5.75 Å². The van der Waals surface area contributed by atoms with Gasteiger partial charge in [0.05, 0.1) is 19.4 Å². The van der Waals surface area contributed by atoms with Gasteiger partial charge in [-0.3, -0.25) is 0 Å². The molecule has 1 aromatic rings. The molecule has 0 aliphatic rings. The van der Waals surface area contributed by atoms with Crippen molar-refractivity contribution in [1.29, 1.82) is 0 Å². The molecule has 0 saturated heterocycles. The van der Waals surface area contributed by atoms with E-state index in [0.717, 1.165) is 17.0 Å². The molecule has 0 unspecified atom stereocenters. The van der Waals surface area contributed by atoms with E-state index in [-0.39, 0.29) is 6.61 Å². The number of rotatable bonds is 3. The van der Waals surface area contributed by atoms with Crippen LogP contribution in [0.4, 0.5) is 5.69 Å². The summed E-state index contributed by atoms with van der Waals surface area (Å²) in [4.78, 5) is 0. The van der Waals surface area contributed by atoms with Gasteiger partial charge in [0.25, 0.3) is 0 Å². The lowest BCUT2D eigenvalue weighted by Crippen LogP contribution is -1.95. The van der Waals surface area contributed by atoms with Crippen molar-refractivity contribution in [2.75, 3.05) is 19.5 Å². The second-order valence-corrected chi connectivity index (χ2v) is 2.44. The molecule has 1 rings (SSSR count). The molecule has 0 atom stereocenters.